The van der Waals surface area contributed by atoms with Crippen molar-refractivity contribution in [3.05, 3.63) is 65.0 Å². The molecule has 0 spiro atoms. The predicted octanol–water partition coefficient (Wildman–Crippen LogP) is 5.21. The van der Waals surface area contributed by atoms with Crippen molar-refractivity contribution >= 4 is 11.7 Å². The maximum absolute atomic E-state index is 15.2. The minimum atomic E-state index is -4.83. The van der Waals surface area contributed by atoms with Crippen LogP contribution in [0, 0.1) is 17.5 Å². The number of methoxy groups -OCH3 is 1. The van der Waals surface area contributed by atoms with Gasteiger partial charge < -0.3 is 9.64 Å². The lowest BCUT2D eigenvalue weighted by molar-refractivity contribution is -0.149. The highest BCUT2D eigenvalue weighted by Crippen LogP contribution is 2.50. The molecule has 0 N–H and O–H groups in total. The van der Waals surface area contributed by atoms with Crippen molar-refractivity contribution in [2.24, 2.45) is 0 Å². The summed E-state index contributed by atoms with van der Waals surface area (Å²) in [6, 6.07) is 5.27. The fourth-order valence-corrected chi connectivity index (χ4v) is 4.08. The van der Waals surface area contributed by atoms with Crippen LogP contribution in [-0.4, -0.2) is 43.9 Å². The van der Waals surface area contributed by atoms with Crippen LogP contribution < -0.4 is 4.90 Å². The molecule has 168 valence electrons. The van der Waals surface area contributed by atoms with Gasteiger partial charge in [0.2, 0.25) is 0 Å². The van der Waals surface area contributed by atoms with E-state index in [0.717, 1.165) is 29.2 Å². The molecule has 10 heteroatoms. The van der Waals surface area contributed by atoms with Gasteiger partial charge in [0.05, 0.1) is 18.8 Å². The van der Waals surface area contributed by atoms with Crippen LogP contribution in [0.15, 0.2) is 36.4 Å². The Morgan fingerprint density at radius 3 is 2.23 bits per heavy atom. The lowest BCUT2D eigenvalue weighted by atomic mass is 9.76. The first-order chi connectivity index (χ1) is 14.6. The van der Waals surface area contributed by atoms with Crippen LogP contribution in [0.4, 0.5) is 36.8 Å². The summed E-state index contributed by atoms with van der Waals surface area (Å²) in [5.74, 6) is -3.31. The molecule has 0 fully saturated rings. The Bertz CT molecular complexity index is 964. The lowest BCUT2D eigenvalue weighted by Crippen LogP contribution is -2.62. The Kier molecular flexibility index (Phi) is 6.22. The Balaban J connectivity index is 2.38. The van der Waals surface area contributed by atoms with E-state index in [2.05, 4.69) is 0 Å². The molecule has 2 aromatic carbocycles. The zero-order valence-electron chi connectivity index (χ0n) is 16.8. The SMILES string of the molecule is CCC1(c2ccc(F)cc2)c2c(ccc(F)c2F)N(CCOC)C(=O)N1CC(F)(F)F. The van der Waals surface area contributed by atoms with Crippen molar-refractivity contribution in [2.45, 2.75) is 25.1 Å². The largest absolute Gasteiger partial charge is 0.406 e. The standard InChI is InChI=1S/C21H20F6N2O2/c1-3-20(13-4-6-14(22)7-5-13)17-16(9-8-15(23)18(17)24)28(10-11-31-2)19(30)29(20)12-21(25,26)27/h4-9H,3,10-12H2,1-2H3. The molecule has 2 aromatic rings. The van der Waals surface area contributed by atoms with Gasteiger partial charge in [0.1, 0.15) is 17.9 Å². The molecule has 0 bridgehead atoms. The number of hydrogen-bond donors (Lipinski definition) is 0. The Hall–Kier alpha value is -2.75. The number of carbonyl (C=O) groups excluding carboxylic acids is 1. The number of urea groups is 1. The van der Waals surface area contributed by atoms with E-state index in [9.17, 15) is 26.7 Å². The number of carbonyl (C=O) groups is 1. The summed E-state index contributed by atoms with van der Waals surface area (Å²) < 4.78 is 88.6. The van der Waals surface area contributed by atoms with Crippen LogP contribution in [-0.2, 0) is 10.3 Å². The van der Waals surface area contributed by atoms with Gasteiger partial charge in [-0.2, -0.15) is 13.2 Å². The van der Waals surface area contributed by atoms with Gasteiger partial charge in [0.25, 0.3) is 0 Å². The number of fused-ring (bicyclic) bond motifs is 1. The third-order valence-electron chi connectivity index (χ3n) is 5.39. The second-order valence-electron chi connectivity index (χ2n) is 7.10. The van der Waals surface area contributed by atoms with E-state index >= 15 is 4.39 Å². The zero-order valence-corrected chi connectivity index (χ0v) is 16.8. The van der Waals surface area contributed by atoms with Crippen LogP contribution in [0.5, 0.6) is 0 Å². The predicted molar refractivity (Wildman–Crippen MR) is 101 cm³/mol. The van der Waals surface area contributed by atoms with Crippen molar-refractivity contribution in [3.63, 3.8) is 0 Å². The topological polar surface area (TPSA) is 32.8 Å². The fourth-order valence-electron chi connectivity index (χ4n) is 4.08. The average Bonchev–Trinajstić information content (AvgIpc) is 2.71. The quantitative estimate of drug-likeness (QED) is 0.571. The lowest BCUT2D eigenvalue weighted by Gasteiger charge is -2.51. The summed E-state index contributed by atoms with van der Waals surface area (Å²) in [5, 5.41) is 0. The van der Waals surface area contributed by atoms with Crippen LogP contribution >= 0.6 is 0 Å². The Morgan fingerprint density at radius 2 is 1.68 bits per heavy atom. The highest BCUT2D eigenvalue weighted by atomic mass is 19.4. The monoisotopic (exact) mass is 446 g/mol. The molecule has 1 aliphatic heterocycles. The maximum Gasteiger partial charge on any atom is 0.406 e. The normalized spacial score (nSPS) is 19.0. The van der Waals surface area contributed by atoms with E-state index in [0.29, 0.717) is 4.90 Å². The van der Waals surface area contributed by atoms with Gasteiger partial charge in [0.15, 0.2) is 11.6 Å². The number of ether oxygens (including phenoxy) is 1. The molecule has 1 atom stereocenters. The van der Waals surface area contributed by atoms with Gasteiger partial charge in [-0.3, -0.25) is 4.90 Å². The molecule has 0 saturated carbocycles. The number of hydrogen-bond acceptors (Lipinski definition) is 2. The zero-order chi connectivity index (χ0) is 23.0. The first-order valence-corrected chi connectivity index (χ1v) is 9.46. The molecule has 31 heavy (non-hydrogen) atoms. The van der Waals surface area contributed by atoms with Crippen molar-refractivity contribution in [1.82, 2.24) is 4.90 Å². The number of anilines is 1. The first-order valence-electron chi connectivity index (χ1n) is 9.46. The first kappa shape index (κ1) is 22.9. The minimum absolute atomic E-state index is 0.0335. The fraction of sp³-hybridized carbons (Fsp3) is 0.381. The van der Waals surface area contributed by atoms with Crippen molar-refractivity contribution in [3.8, 4) is 0 Å². The van der Waals surface area contributed by atoms with Crippen LogP contribution in [0.2, 0.25) is 0 Å². The summed E-state index contributed by atoms with van der Waals surface area (Å²) in [6.07, 6.45) is -5.05. The van der Waals surface area contributed by atoms with Crippen molar-refractivity contribution < 1.29 is 35.9 Å². The molecule has 2 amide bonds. The second kappa shape index (κ2) is 8.41. The summed E-state index contributed by atoms with van der Waals surface area (Å²) in [7, 11) is 1.34. The Labute approximate surface area is 175 Å². The highest BCUT2D eigenvalue weighted by molar-refractivity contribution is 5.97. The Morgan fingerprint density at radius 1 is 1.03 bits per heavy atom. The van der Waals surface area contributed by atoms with Crippen LogP contribution in [0.1, 0.15) is 24.5 Å². The number of nitrogens with zero attached hydrogens (tertiary/aromatic N) is 2. The number of halogens is 6. The van der Waals surface area contributed by atoms with Gasteiger partial charge >= 0.3 is 12.2 Å². The summed E-state index contributed by atoms with van der Waals surface area (Å²) in [6.45, 7) is -0.473. The van der Waals surface area contributed by atoms with Gasteiger partial charge in [-0.15, -0.1) is 0 Å². The molecule has 1 heterocycles. The maximum atomic E-state index is 15.2. The molecular weight excluding hydrogens is 426 g/mol. The van der Waals surface area contributed by atoms with Gasteiger partial charge in [-0.1, -0.05) is 19.1 Å². The summed E-state index contributed by atoms with van der Waals surface area (Å²) in [5.41, 5.74) is -2.45. The van der Waals surface area contributed by atoms with Gasteiger partial charge in [0, 0.05) is 12.7 Å². The van der Waals surface area contributed by atoms with Gasteiger partial charge in [-0.25, -0.2) is 18.0 Å². The average molecular weight is 446 g/mol. The molecule has 0 aromatic heterocycles. The van der Waals surface area contributed by atoms with E-state index in [1.165, 1.54) is 26.2 Å². The van der Waals surface area contributed by atoms with Crippen molar-refractivity contribution in [1.29, 1.82) is 0 Å². The summed E-state index contributed by atoms with van der Waals surface area (Å²) >= 11 is 0. The summed E-state index contributed by atoms with van der Waals surface area (Å²) in [4.78, 5) is 14.7. The third kappa shape index (κ3) is 3.96. The highest BCUT2D eigenvalue weighted by Gasteiger charge is 2.54. The third-order valence-corrected chi connectivity index (χ3v) is 5.39. The molecule has 1 aliphatic rings. The number of amides is 2. The number of rotatable bonds is 6. The van der Waals surface area contributed by atoms with E-state index in [-0.39, 0.29) is 30.8 Å². The molecule has 3 rings (SSSR count). The molecule has 0 saturated heterocycles. The molecular formula is C21H20F6N2O2. The second-order valence-corrected chi connectivity index (χ2v) is 7.10. The molecule has 0 radical (unpaired) electrons. The molecule has 0 aliphatic carbocycles. The van der Waals surface area contributed by atoms with Crippen LogP contribution in [0.25, 0.3) is 0 Å². The van der Waals surface area contributed by atoms with E-state index in [4.69, 9.17) is 4.74 Å². The van der Waals surface area contributed by atoms with Gasteiger partial charge in [-0.05, 0) is 36.2 Å². The number of alkyl halides is 3. The number of benzene rings is 2. The van der Waals surface area contributed by atoms with E-state index in [1.807, 2.05) is 0 Å². The van der Waals surface area contributed by atoms with Crippen molar-refractivity contribution in [2.75, 3.05) is 31.7 Å². The van der Waals surface area contributed by atoms with Crippen LogP contribution in [0.3, 0.4) is 0 Å². The minimum Gasteiger partial charge on any atom is -0.383 e. The smallest absolute Gasteiger partial charge is 0.383 e. The van der Waals surface area contributed by atoms with E-state index in [1.54, 1.807) is 0 Å². The van der Waals surface area contributed by atoms with E-state index < -0.39 is 47.3 Å². The molecule has 4 nitrogen and oxygen atoms in total. The molecule has 1 unspecified atom stereocenters.